The van der Waals surface area contributed by atoms with Crippen molar-refractivity contribution >= 4 is 17.4 Å². The summed E-state index contributed by atoms with van der Waals surface area (Å²) in [5, 5.41) is 10.0. The van der Waals surface area contributed by atoms with Gasteiger partial charge in [0.2, 0.25) is 5.91 Å². The van der Waals surface area contributed by atoms with E-state index in [0.717, 1.165) is 11.3 Å². The van der Waals surface area contributed by atoms with Crippen LogP contribution in [0.25, 0.3) is 0 Å². The van der Waals surface area contributed by atoms with Gasteiger partial charge in [-0.3, -0.25) is 9.89 Å². The number of aryl methyl sites for hydroxylation is 2. The highest BCUT2D eigenvalue weighted by molar-refractivity contribution is 5.94. The Hall–Kier alpha value is -2.30. The van der Waals surface area contributed by atoms with E-state index in [1.54, 1.807) is 0 Å². The maximum atomic E-state index is 11.9. The fraction of sp³-hybridized carbons (Fsp3) is 0.375. The summed E-state index contributed by atoms with van der Waals surface area (Å²) >= 11 is 0. The molecule has 2 heterocycles. The molecule has 3 rings (SSSR count). The summed E-state index contributed by atoms with van der Waals surface area (Å²) in [7, 11) is 4.06. The molecule has 1 atom stereocenters. The molecule has 5 nitrogen and oxygen atoms in total. The van der Waals surface area contributed by atoms with Crippen molar-refractivity contribution in [1.82, 2.24) is 10.2 Å². The van der Waals surface area contributed by atoms with Crippen molar-refractivity contribution in [2.24, 2.45) is 0 Å². The molecule has 0 saturated carbocycles. The fourth-order valence-corrected chi connectivity index (χ4v) is 3.02. The van der Waals surface area contributed by atoms with Crippen LogP contribution in [0.15, 0.2) is 18.2 Å². The van der Waals surface area contributed by atoms with Gasteiger partial charge in [0, 0.05) is 43.4 Å². The Bertz CT molecular complexity index is 702. The third-order valence-corrected chi connectivity index (χ3v) is 4.14. The predicted octanol–water partition coefficient (Wildman–Crippen LogP) is 2.57. The normalized spacial score (nSPS) is 17.3. The molecular weight excluding hydrogens is 264 g/mol. The van der Waals surface area contributed by atoms with Gasteiger partial charge in [0.05, 0.1) is 0 Å². The van der Waals surface area contributed by atoms with Crippen molar-refractivity contribution in [3.63, 3.8) is 0 Å². The van der Waals surface area contributed by atoms with Crippen LogP contribution in [0.3, 0.4) is 0 Å². The second-order valence-corrected chi connectivity index (χ2v) is 5.85. The van der Waals surface area contributed by atoms with E-state index < -0.39 is 0 Å². The zero-order valence-electron chi connectivity index (χ0n) is 12.8. The lowest BCUT2D eigenvalue weighted by atomic mass is 9.83. The van der Waals surface area contributed by atoms with Crippen LogP contribution in [-0.4, -0.2) is 30.2 Å². The topological polar surface area (TPSA) is 61.0 Å². The number of anilines is 2. The Kier molecular flexibility index (Phi) is 3.20. The molecule has 1 aliphatic rings. The molecule has 1 aromatic heterocycles. The highest BCUT2D eigenvalue weighted by Crippen LogP contribution is 2.39. The number of carbonyl (C=O) groups is 1. The first kappa shape index (κ1) is 13.7. The molecule has 1 unspecified atom stereocenters. The summed E-state index contributed by atoms with van der Waals surface area (Å²) in [6.45, 7) is 4.10. The predicted molar refractivity (Wildman–Crippen MR) is 83.9 cm³/mol. The summed E-state index contributed by atoms with van der Waals surface area (Å²) in [6, 6.07) is 6.39. The van der Waals surface area contributed by atoms with Crippen molar-refractivity contribution in [1.29, 1.82) is 0 Å². The average Bonchev–Trinajstić information content (AvgIpc) is 2.79. The third-order valence-electron chi connectivity index (χ3n) is 4.14. The summed E-state index contributed by atoms with van der Waals surface area (Å²) in [4.78, 5) is 14.0. The number of rotatable bonds is 2. The number of nitrogens with zero attached hydrogens (tertiary/aromatic N) is 2. The largest absolute Gasteiger partial charge is 0.378 e. The van der Waals surface area contributed by atoms with Gasteiger partial charge in [0.15, 0.2) is 5.82 Å². The van der Waals surface area contributed by atoms with Gasteiger partial charge < -0.3 is 10.2 Å². The summed E-state index contributed by atoms with van der Waals surface area (Å²) in [5.74, 6) is 0.767. The SMILES string of the molecule is Cc1cc(N(C)C)ccc1C1CC(=O)Nc2n[nH]c(C)c21. The minimum absolute atomic E-state index is 0.0232. The van der Waals surface area contributed by atoms with Crippen LogP contribution in [0.1, 0.15) is 34.7 Å². The fourth-order valence-electron chi connectivity index (χ4n) is 3.02. The number of aromatic nitrogens is 2. The second kappa shape index (κ2) is 4.91. The number of carbonyl (C=O) groups excluding carboxylic acids is 1. The van der Waals surface area contributed by atoms with E-state index in [2.05, 4.69) is 45.5 Å². The van der Waals surface area contributed by atoms with Crippen LogP contribution in [0.4, 0.5) is 11.5 Å². The minimum atomic E-state index is 0.0232. The highest BCUT2D eigenvalue weighted by atomic mass is 16.1. The number of aromatic amines is 1. The molecule has 5 heteroatoms. The summed E-state index contributed by atoms with van der Waals surface area (Å²) in [6.07, 6.45) is 0.468. The molecule has 1 amide bonds. The number of fused-ring (bicyclic) bond motifs is 1. The van der Waals surface area contributed by atoms with E-state index in [4.69, 9.17) is 0 Å². The van der Waals surface area contributed by atoms with Crippen LogP contribution < -0.4 is 10.2 Å². The van der Waals surface area contributed by atoms with E-state index in [9.17, 15) is 4.79 Å². The number of nitrogens with one attached hydrogen (secondary N) is 2. The van der Waals surface area contributed by atoms with Crippen molar-refractivity contribution in [3.8, 4) is 0 Å². The maximum Gasteiger partial charge on any atom is 0.226 e. The Labute approximate surface area is 124 Å². The van der Waals surface area contributed by atoms with Crippen molar-refractivity contribution in [3.05, 3.63) is 40.6 Å². The zero-order chi connectivity index (χ0) is 15.1. The molecule has 0 radical (unpaired) electrons. The van der Waals surface area contributed by atoms with E-state index in [0.29, 0.717) is 12.2 Å². The first-order valence-corrected chi connectivity index (χ1v) is 7.10. The highest BCUT2D eigenvalue weighted by Gasteiger charge is 2.31. The van der Waals surface area contributed by atoms with Crippen LogP contribution >= 0.6 is 0 Å². The summed E-state index contributed by atoms with van der Waals surface area (Å²) in [5.41, 5.74) is 5.69. The Balaban J connectivity index is 2.08. The van der Waals surface area contributed by atoms with Crippen LogP contribution in [0, 0.1) is 13.8 Å². The van der Waals surface area contributed by atoms with Gasteiger partial charge in [-0.2, -0.15) is 5.10 Å². The lowest BCUT2D eigenvalue weighted by Crippen LogP contribution is -2.24. The molecule has 2 N–H and O–H groups in total. The van der Waals surface area contributed by atoms with Gasteiger partial charge in [-0.15, -0.1) is 0 Å². The van der Waals surface area contributed by atoms with Crippen molar-refractivity contribution in [2.45, 2.75) is 26.2 Å². The van der Waals surface area contributed by atoms with Gasteiger partial charge in [-0.1, -0.05) is 6.07 Å². The van der Waals surface area contributed by atoms with E-state index in [-0.39, 0.29) is 11.8 Å². The molecule has 0 bridgehead atoms. The third kappa shape index (κ3) is 2.28. The van der Waals surface area contributed by atoms with Crippen LogP contribution in [0.2, 0.25) is 0 Å². The zero-order valence-corrected chi connectivity index (χ0v) is 12.8. The Morgan fingerprint density at radius 1 is 1.29 bits per heavy atom. The number of hydrogen-bond acceptors (Lipinski definition) is 3. The van der Waals surface area contributed by atoms with Gasteiger partial charge in [-0.05, 0) is 37.1 Å². The Morgan fingerprint density at radius 2 is 2.05 bits per heavy atom. The number of hydrogen-bond donors (Lipinski definition) is 2. The van der Waals surface area contributed by atoms with E-state index in [1.807, 2.05) is 21.0 Å². The first-order valence-electron chi connectivity index (χ1n) is 7.10. The molecular formula is C16H20N4O. The molecule has 0 aliphatic carbocycles. The molecule has 1 aromatic carbocycles. The first-order chi connectivity index (χ1) is 9.97. The van der Waals surface area contributed by atoms with Crippen molar-refractivity contribution in [2.75, 3.05) is 24.3 Å². The molecule has 21 heavy (non-hydrogen) atoms. The van der Waals surface area contributed by atoms with E-state index >= 15 is 0 Å². The van der Waals surface area contributed by atoms with Gasteiger partial charge >= 0.3 is 0 Å². The summed E-state index contributed by atoms with van der Waals surface area (Å²) < 4.78 is 0. The average molecular weight is 284 g/mol. The quantitative estimate of drug-likeness (QED) is 0.891. The van der Waals surface area contributed by atoms with Crippen molar-refractivity contribution < 1.29 is 4.79 Å². The van der Waals surface area contributed by atoms with Crippen LogP contribution in [-0.2, 0) is 4.79 Å². The number of H-pyrrole nitrogens is 1. The molecule has 110 valence electrons. The maximum absolute atomic E-state index is 11.9. The second-order valence-electron chi connectivity index (χ2n) is 5.85. The molecule has 1 aliphatic heterocycles. The van der Waals surface area contributed by atoms with Gasteiger partial charge in [0.1, 0.15) is 0 Å². The lowest BCUT2D eigenvalue weighted by Gasteiger charge is -2.25. The lowest BCUT2D eigenvalue weighted by molar-refractivity contribution is -0.116. The smallest absolute Gasteiger partial charge is 0.226 e. The molecule has 0 saturated heterocycles. The molecule has 2 aromatic rings. The number of benzene rings is 1. The number of amides is 1. The van der Waals surface area contributed by atoms with Crippen LogP contribution in [0.5, 0.6) is 0 Å². The minimum Gasteiger partial charge on any atom is -0.378 e. The Morgan fingerprint density at radius 3 is 2.71 bits per heavy atom. The standard InChI is InChI=1S/C16H20N4O/c1-9-7-11(20(3)4)5-6-12(9)13-8-14(21)17-16-15(13)10(2)18-19-16/h5-7,13H,8H2,1-4H3,(H2,17,18,19,21). The van der Waals surface area contributed by atoms with E-state index in [1.165, 1.54) is 16.8 Å². The van der Waals surface area contributed by atoms with Gasteiger partial charge in [-0.25, -0.2) is 0 Å². The molecule has 0 fully saturated rings. The molecule has 0 spiro atoms. The monoisotopic (exact) mass is 284 g/mol. The van der Waals surface area contributed by atoms with Gasteiger partial charge in [0.25, 0.3) is 0 Å².